The lowest BCUT2D eigenvalue weighted by Gasteiger charge is -2.26. The van der Waals surface area contributed by atoms with Crippen LogP contribution in [0.4, 0.5) is 5.13 Å². The number of carbonyl (C=O) groups is 1. The van der Waals surface area contributed by atoms with Crippen molar-refractivity contribution in [1.29, 1.82) is 0 Å². The monoisotopic (exact) mass is 324 g/mol. The summed E-state index contributed by atoms with van der Waals surface area (Å²) in [6.45, 7) is 12.8. The van der Waals surface area contributed by atoms with Gasteiger partial charge in [-0.05, 0) is 31.2 Å². The van der Waals surface area contributed by atoms with Crippen molar-refractivity contribution < 1.29 is 4.79 Å². The van der Waals surface area contributed by atoms with E-state index >= 15 is 0 Å². The number of carbonyl (C=O) groups excluding carboxylic acids is 1. The Morgan fingerprint density at radius 3 is 2.82 bits per heavy atom. The molecule has 0 aliphatic carbocycles. The average molecular weight is 324 g/mol. The van der Waals surface area contributed by atoms with Gasteiger partial charge in [0, 0.05) is 24.5 Å². The molecule has 2 rings (SSSR count). The molecular formula is C16H28N4OS. The van der Waals surface area contributed by atoms with Crippen LogP contribution in [0.1, 0.15) is 37.8 Å². The first-order valence-corrected chi connectivity index (χ1v) is 8.75. The molecule has 0 bridgehead atoms. The zero-order chi connectivity index (χ0) is 16.3. The first kappa shape index (κ1) is 17.2. The number of hydrogen-bond acceptors (Lipinski definition) is 5. The number of aryl methyl sites for hydroxylation is 1. The van der Waals surface area contributed by atoms with Crippen molar-refractivity contribution in [2.45, 2.75) is 40.5 Å². The van der Waals surface area contributed by atoms with E-state index in [1.54, 1.807) is 0 Å². The molecule has 1 aromatic rings. The SMILES string of the molecule is Cc1nc(N)sc1CC(=O)NC[C@@H]1CCN(CC(C)(C)C)C1. The molecule has 3 N–H and O–H groups in total. The Balaban J connectivity index is 1.72. The molecule has 1 aromatic heterocycles. The third-order valence-corrected chi connectivity index (χ3v) is 4.87. The van der Waals surface area contributed by atoms with Gasteiger partial charge in [-0.15, -0.1) is 11.3 Å². The zero-order valence-electron chi connectivity index (χ0n) is 14.1. The molecule has 1 atom stereocenters. The second-order valence-corrected chi connectivity index (χ2v) is 8.61. The number of nitrogens with one attached hydrogen (secondary N) is 1. The molecule has 2 heterocycles. The van der Waals surface area contributed by atoms with Crippen LogP contribution in [0, 0.1) is 18.3 Å². The van der Waals surface area contributed by atoms with Crippen molar-refractivity contribution in [3.8, 4) is 0 Å². The standard InChI is InChI=1S/C16H28N4OS/c1-11-13(22-15(17)19-11)7-14(21)18-8-12-5-6-20(9-12)10-16(2,3)4/h12H,5-10H2,1-4H3,(H2,17,19)(H,18,21)/t12-/m0/s1. The predicted molar refractivity (Wildman–Crippen MR) is 92.0 cm³/mol. The Kier molecular flexibility index (Phi) is 5.45. The number of likely N-dealkylation sites (tertiary alicyclic amines) is 1. The van der Waals surface area contributed by atoms with E-state index in [1.165, 1.54) is 17.8 Å². The summed E-state index contributed by atoms with van der Waals surface area (Å²) in [6, 6.07) is 0. The van der Waals surface area contributed by atoms with Crippen LogP contribution in [0.3, 0.4) is 0 Å². The van der Waals surface area contributed by atoms with Gasteiger partial charge in [0.2, 0.25) is 5.91 Å². The third kappa shape index (κ3) is 5.25. The van der Waals surface area contributed by atoms with E-state index in [4.69, 9.17) is 5.73 Å². The maximum absolute atomic E-state index is 12.1. The van der Waals surface area contributed by atoms with Gasteiger partial charge in [0.1, 0.15) is 0 Å². The number of hydrogen-bond donors (Lipinski definition) is 2. The van der Waals surface area contributed by atoms with E-state index < -0.39 is 0 Å². The van der Waals surface area contributed by atoms with Gasteiger partial charge < -0.3 is 16.0 Å². The summed E-state index contributed by atoms with van der Waals surface area (Å²) in [6.07, 6.45) is 1.56. The number of aromatic nitrogens is 1. The van der Waals surface area contributed by atoms with E-state index in [9.17, 15) is 4.79 Å². The molecule has 5 nitrogen and oxygen atoms in total. The molecule has 0 radical (unpaired) electrons. The molecule has 1 saturated heterocycles. The topological polar surface area (TPSA) is 71.2 Å². The lowest BCUT2D eigenvalue weighted by atomic mass is 9.96. The summed E-state index contributed by atoms with van der Waals surface area (Å²) >= 11 is 1.41. The summed E-state index contributed by atoms with van der Waals surface area (Å²) in [7, 11) is 0. The first-order valence-electron chi connectivity index (χ1n) is 7.94. The van der Waals surface area contributed by atoms with Crippen LogP contribution < -0.4 is 11.1 Å². The Hall–Kier alpha value is -1.14. The minimum absolute atomic E-state index is 0.0704. The fourth-order valence-electron chi connectivity index (χ4n) is 2.97. The van der Waals surface area contributed by atoms with Gasteiger partial charge in [0.15, 0.2) is 5.13 Å². The number of nitrogens with zero attached hydrogens (tertiary/aromatic N) is 2. The van der Waals surface area contributed by atoms with Gasteiger partial charge in [-0.2, -0.15) is 0 Å². The number of thiazole rings is 1. The fraction of sp³-hybridized carbons (Fsp3) is 0.750. The molecular weight excluding hydrogens is 296 g/mol. The molecule has 1 amide bonds. The summed E-state index contributed by atoms with van der Waals surface area (Å²) in [4.78, 5) is 19.7. The molecule has 1 aliphatic rings. The van der Waals surface area contributed by atoms with Crippen LogP contribution in [0.5, 0.6) is 0 Å². The van der Waals surface area contributed by atoms with Crippen LogP contribution in [0.2, 0.25) is 0 Å². The van der Waals surface area contributed by atoms with Crippen LogP contribution in [0.15, 0.2) is 0 Å². The third-order valence-electron chi connectivity index (χ3n) is 3.89. The van der Waals surface area contributed by atoms with Gasteiger partial charge in [0.25, 0.3) is 0 Å². The summed E-state index contributed by atoms with van der Waals surface area (Å²) in [5.74, 6) is 0.639. The Morgan fingerprint density at radius 1 is 1.50 bits per heavy atom. The van der Waals surface area contributed by atoms with E-state index in [1.807, 2.05) is 6.92 Å². The van der Waals surface area contributed by atoms with Crippen LogP contribution in [0.25, 0.3) is 0 Å². The van der Waals surface area contributed by atoms with Crippen LogP contribution >= 0.6 is 11.3 Å². The van der Waals surface area contributed by atoms with E-state index in [-0.39, 0.29) is 5.91 Å². The van der Waals surface area contributed by atoms with Crippen molar-refractivity contribution in [3.63, 3.8) is 0 Å². The molecule has 0 saturated carbocycles. The van der Waals surface area contributed by atoms with Gasteiger partial charge in [-0.3, -0.25) is 4.79 Å². The number of nitrogen functional groups attached to an aromatic ring is 1. The predicted octanol–water partition coefficient (Wildman–Crippen LogP) is 2.06. The molecule has 6 heteroatoms. The molecule has 1 fully saturated rings. The average Bonchev–Trinajstić information content (AvgIpc) is 2.92. The fourth-order valence-corrected chi connectivity index (χ4v) is 3.81. The van der Waals surface area contributed by atoms with Gasteiger partial charge in [-0.1, -0.05) is 20.8 Å². The molecule has 124 valence electrons. The van der Waals surface area contributed by atoms with Crippen molar-refractivity contribution in [2.24, 2.45) is 11.3 Å². The highest BCUT2D eigenvalue weighted by atomic mass is 32.1. The van der Waals surface area contributed by atoms with Crippen molar-refractivity contribution >= 4 is 22.4 Å². The quantitative estimate of drug-likeness (QED) is 0.870. The zero-order valence-corrected chi connectivity index (χ0v) is 14.9. The molecule has 0 aromatic carbocycles. The summed E-state index contributed by atoms with van der Waals surface area (Å²) in [5, 5.41) is 3.60. The van der Waals surface area contributed by atoms with E-state index in [0.717, 1.165) is 36.8 Å². The Bertz CT molecular complexity index is 521. The molecule has 22 heavy (non-hydrogen) atoms. The summed E-state index contributed by atoms with van der Waals surface area (Å²) in [5.41, 5.74) is 6.87. The van der Waals surface area contributed by atoms with Crippen molar-refractivity contribution in [2.75, 3.05) is 31.9 Å². The highest BCUT2D eigenvalue weighted by Crippen LogP contribution is 2.22. The van der Waals surface area contributed by atoms with Crippen LogP contribution in [-0.2, 0) is 11.2 Å². The molecule has 0 spiro atoms. The first-order chi connectivity index (χ1) is 10.2. The Morgan fingerprint density at radius 2 is 2.23 bits per heavy atom. The van der Waals surface area contributed by atoms with E-state index in [2.05, 4.69) is 36.0 Å². The van der Waals surface area contributed by atoms with Gasteiger partial charge >= 0.3 is 0 Å². The maximum atomic E-state index is 12.1. The van der Waals surface area contributed by atoms with Crippen molar-refractivity contribution in [1.82, 2.24) is 15.2 Å². The lowest BCUT2D eigenvalue weighted by Crippen LogP contribution is -2.34. The van der Waals surface area contributed by atoms with Crippen molar-refractivity contribution in [3.05, 3.63) is 10.6 Å². The highest BCUT2D eigenvalue weighted by molar-refractivity contribution is 7.15. The largest absolute Gasteiger partial charge is 0.375 e. The second-order valence-electron chi connectivity index (χ2n) is 7.49. The minimum Gasteiger partial charge on any atom is -0.375 e. The van der Waals surface area contributed by atoms with Crippen LogP contribution in [-0.4, -0.2) is 42.0 Å². The smallest absolute Gasteiger partial charge is 0.225 e. The number of anilines is 1. The molecule has 0 unspecified atom stereocenters. The number of nitrogens with two attached hydrogens (primary N) is 1. The summed E-state index contributed by atoms with van der Waals surface area (Å²) < 4.78 is 0. The number of rotatable bonds is 5. The van der Waals surface area contributed by atoms with E-state index in [0.29, 0.717) is 22.9 Å². The maximum Gasteiger partial charge on any atom is 0.225 e. The van der Waals surface area contributed by atoms with Gasteiger partial charge in [-0.25, -0.2) is 4.98 Å². The van der Waals surface area contributed by atoms with Gasteiger partial charge in [0.05, 0.1) is 12.1 Å². The second kappa shape index (κ2) is 6.96. The highest BCUT2D eigenvalue weighted by Gasteiger charge is 2.26. The Labute approximate surface area is 137 Å². The lowest BCUT2D eigenvalue weighted by molar-refractivity contribution is -0.120. The normalized spacial score (nSPS) is 19.5. The number of amides is 1. The molecule has 1 aliphatic heterocycles. The minimum atomic E-state index is 0.0704.